The molecule has 2 aromatic rings. The quantitative estimate of drug-likeness (QED) is 0.918. The second-order valence-electron chi connectivity index (χ2n) is 5.12. The van der Waals surface area contributed by atoms with Crippen LogP contribution < -0.4 is 0 Å². The van der Waals surface area contributed by atoms with Gasteiger partial charge >= 0.3 is 0 Å². The summed E-state index contributed by atoms with van der Waals surface area (Å²) in [4.78, 5) is 14.5. The van der Waals surface area contributed by atoms with Crippen LogP contribution in [0.25, 0.3) is 0 Å². The molecular weight excluding hydrogens is 286 g/mol. The molecule has 5 nitrogen and oxygen atoms in total. The number of rotatable bonds is 5. The third kappa shape index (κ3) is 2.82. The highest BCUT2D eigenvalue weighted by Crippen LogP contribution is 2.36. The van der Waals surface area contributed by atoms with Gasteiger partial charge in [-0.15, -0.1) is 0 Å². The van der Waals surface area contributed by atoms with E-state index in [0.29, 0.717) is 18.7 Å². The molecule has 1 atom stereocenters. The Bertz CT molecular complexity index is 615. The number of carbonyl (C=O) groups excluding carboxylic acids is 1. The molecule has 1 aliphatic rings. The molecule has 0 spiro atoms. The van der Waals surface area contributed by atoms with Gasteiger partial charge < -0.3 is 10.0 Å². The van der Waals surface area contributed by atoms with Crippen molar-refractivity contribution >= 4 is 17.6 Å². The lowest BCUT2D eigenvalue weighted by Crippen LogP contribution is -2.35. The summed E-state index contributed by atoms with van der Waals surface area (Å²) in [5, 5.41) is 9.10. The third-order valence-corrected chi connectivity index (χ3v) is 4.35. The standard InChI is InChI=1S/C15H17N3O2S/c19-9-3-8-18(15(20)13-10-16-21-17-13)14-7-6-11-4-1-2-5-12(11)14/h1-2,4-5,10,14,19H,3,6-9H2. The summed E-state index contributed by atoms with van der Waals surface area (Å²) in [7, 11) is 0. The summed E-state index contributed by atoms with van der Waals surface area (Å²) in [6.45, 7) is 0.610. The van der Waals surface area contributed by atoms with Crippen LogP contribution in [0, 0.1) is 0 Å². The fourth-order valence-corrected chi connectivity index (χ4v) is 3.31. The van der Waals surface area contributed by atoms with Gasteiger partial charge in [0.15, 0.2) is 5.69 Å². The zero-order valence-electron chi connectivity index (χ0n) is 11.6. The molecule has 1 aromatic carbocycles. The smallest absolute Gasteiger partial charge is 0.275 e. The zero-order valence-corrected chi connectivity index (χ0v) is 12.4. The number of aliphatic hydroxyl groups excluding tert-OH is 1. The topological polar surface area (TPSA) is 66.3 Å². The van der Waals surface area contributed by atoms with E-state index in [1.54, 1.807) is 0 Å². The number of hydrogen-bond donors (Lipinski definition) is 1. The predicted octanol–water partition coefficient (Wildman–Crippen LogP) is 2.05. The lowest BCUT2D eigenvalue weighted by molar-refractivity contribution is 0.0656. The molecule has 110 valence electrons. The van der Waals surface area contributed by atoms with E-state index in [-0.39, 0.29) is 18.6 Å². The number of aryl methyl sites for hydroxylation is 1. The van der Waals surface area contributed by atoms with Crippen LogP contribution in [-0.2, 0) is 6.42 Å². The number of aliphatic hydroxyl groups is 1. The average molecular weight is 303 g/mol. The van der Waals surface area contributed by atoms with Crippen molar-refractivity contribution in [1.29, 1.82) is 0 Å². The summed E-state index contributed by atoms with van der Waals surface area (Å²) >= 11 is 1.04. The summed E-state index contributed by atoms with van der Waals surface area (Å²) in [6, 6.07) is 8.32. The first-order valence-corrected chi connectivity index (χ1v) is 7.81. The van der Waals surface area contributed by atoms with E-state index in [0.717, 1.165) is 24.6 Å². The number of aromatic nitrogens is 2. The van der Waals surface area contributed by atoms with Crippen LogP contribution in [0.15, 0.2) is 30.5 Å². The maximum atomic E-state index is 12.7. The lowest BCUT2D eigenvalue weighted by Gasteiger charge is -2.29. The second-order valence-corrected chi connectivity index (χ2v) is 5.68. The van der Waals surface area contributed by atoms with Crippen LogP contribution in [0.4, 0.5) is 0 Å². The first kappa shape index (κ1) is 14.2. The van der Waals surface area contributed by atoms with E-state index >= 15 is 0 Å². The molecule has 1 N–H and O–H groups in total. The summed E-state index contributed by atoms with van der Waals surface area (Å²) < 4.78 is 7.96. The van der Waals surface area contributed by atoms with Crippen molar-refractivity contribution in [2.24, 2.45) is 0 Å². The number of carbonyl (C=O) groups is 1. The van der Waals surface area contributed by atoms with Crippen molar-refractivity contribution in [3.8, 4) is 0 Å². The van der Waals surface area contributed by atoms with E-state index in [1.807, 2.05) is 17.0 Å². The fourth-order valence-electron chi connectivity index (χ4n) is 2.90. The Morgan fingerprint density at radius 2 is 2.29 bits per heavy atom. The molecule has 1 aromatic heterocycles. The van der Waals surface area contributed by atoms with Gasteiger partial charge in [0.05, 0.1) is 24.0 Å². The minimum Gasteiger partial charge on any atom is -0.396 e. The Hall–Kier alpha value is -1.79. The minimum absolute atomic E-state index is 0.0712. The Labute approximate surface area is 127 Å². The number of amides is 1. The van der Waals surface area contributed by atoms with E-state index in [4.69, 9.17) is 5.11 Å². The monoisotopic (exact) mass is 303 g/mol. The summed E-state index contributed by atoms with van der Waals surface area (Å²) in [6.07, 6.45) is 3.99. The summed E-state index contributed by atoms with van der Waals surface area (Å²) in [5.41, 5.74) is 2.91. The molecule has 0 radical (unpaired) electrons. The zero-order chi connectivity index (χ0) is 14.7. The molecular formula is C15H17N3O2S. The van der Waals surface area contributed by atoms with Gasteiger partial charge in [-0.3, -0.25) is 4.79 Å². The van der Waals surface area contributed by atoms with Crippen molar-refractivity contribution < 1.29 is 9.90 Å². The fraction of sp³-hybridized carbons (Fsp3) is 0.400. The van der Waals surface area contributed by atoms with Gasteiger partial charge in [0.2, 0.25) is 0 Å². The highest BCUT2D eigenvalue weighted by Gasteiger charge is 2.31. The van der Waals surface area contributed by atoms with Gasteiger partial charge in [0.1, 0.15) is 0 Å². The lowest BCUT2D eigenvalue weighted by atomic mass is 10.1. The normalized spacial score (nSPS) is 16.7. The molecule has 0 saturated carbocycles. The first-order valence-electron chi connectivity index (χ1n) is 7.08. The van der Waals surface area contributed by atoms with Gasteiger partial charge in [-0.05, 0) is 30.4 Å². The Morgan fingerprint density at radius 1 is 1.43 bits per heavy atom. The molecule has 0 saturated heterocycles. The number of nitrogens with zero attached hydrogens (tertiary/aromatic N) is 3. The van der Waals surface area contributed by atoms with Crippen molar-refractivity contribution in [2.75, 3.05) is 13.2 Å². The van der Waals surface area contributed by atoms with E-state index in [9.17, 15) is 4.79 Å². The van der Waals surface area contributed by atoms with Crippen molar-refractivity contribution in [3.63, 3.8) is 0 Å². The first-order chi connectivity index (χ1) is 10.3. The molecule has 0 fully saturated rings. The van der Waals surface area contributed by atoms with Crippen molar-refractivity contribution in [3.05, 3.63) is 47.3 Å². The predicted molar refractivity (Wildman–Crippen MR) is 80.2 cm³/mol. The maximum Gasteiger partial charge on any atom is 0.275 e. The van der Waals surface area contributed by atoms with Gasteiger partial charge in [0.25, 0.3) is 5.91 Å². The van der Waals surface area contributed by atoms with Crippen LogP contribution in [0.3, 0.4) is 0 Å². The maximum absolute atomic E-state index is 12.7. The Kier molecular flexibility index (Phi) is 4.26. The highest BCUT2D eigenvalue weighted by atomic mass is 32.1. The Balaban J connectivity index is 1.88. The molecule has 1 aliphatic carbocycles. The summed E-state index contributed by atoms with van der Waals surface area (Å²) in [5.74, 6) is -0.0982. The second kappa shape index (κ2) is 6.32. The van der Waals surface area contributed by atoms with Gasteiger partial charge in [0, 0.05) is 13.2 Å². The SMILES string of the molecule is O=C(c1cnsn1)N(CCCO)C1CCc2ccccc21. The number of benzene rings is 1. The number of fused-ring (bicyclic) bond motifs is 1. The molecule has 1 amide bonds. The van der Waals surface area contributed by atoms with E-state index < -0.39 is 0 Å². The van der Waals surface area contributed by atoms with E-state index in [2.05, 4.69) is 20.9 Å². The molecule has 3 rings (SSSR count). The van der Waals surface area contributed by atoms with Crippen molar-refractivity contribution in [1.82, 2.24) is 13.6 Å². The Morgan fingerprint density at radius 3 is 3.05 bits per heavy atom. The third-order valence-electron chi connectivity index (χ3n) is 3.88. The molecule has 0 bridgehead atoms. The van der Waals surface area contributed by atoms with Gasteiger partial charge in [-0.2, -0.15) is 8.75 Å². The highest BCUT2D eigenvalue weighted by molar-refractivity contribution is 6.99. The minimum atomic E-state index is -0.0982. The largest absolute Gasteiger partial charge is 0.396 e. The molecule has 6 heteroatoms. The molecule has 21 heavy (non-hydrogen) atoms. The van der Waals surface area contributed by atoms with E-state index in [1.165, 1.54) is 17.3 Å². The molecule has 1 heterocycles. The van der Waals surface area contributed by atoms with Crippen LogP contribution in [0.2, 0.25) is 0 Å². The van der Waals surface area contributed by atoms with Gasteiger partial charge in [-0.25, -0.2) is 0 Å². The van der Waals surface area contributed by atoms with Crippen LogP contribution in [-0.4, -0.2) is 37.8 Å². The van der Waals surface area contributed by atoms with Crippen molar-refractivity contribution in [2.45, 2.75) is 25.3 Å². The van der Waals surface area contributed by atoms with Crippen LogP contribution in [0.1, 0.15) is 40.5 Å². The molecule has 0 aliphatic heterocycles. The number of hydrogen-bond acceptors (Lipinski definition) is 5. The van der Waals surface area contributed by atoms with Crippen LogP contribution in [0.5, 0.6) is 0 Å². The van der Waals surface area contributed by atoms with Crippen LogP contribution >= 0.6 is 11.7 Å². The molecule has 1 unspecified atom stereocenters. The average Bonchev–Trinajstić information content (AvgIpc) is 3.17. The van der Waals surface area contributed by atoms with Gasteiger partial charge in [-0.1, -0.05) is 24.3 Å².